The molecule has 1 aromatic heterocycles. The first-order chi connectivity index (χ1) is 8.56. The van der Waals surface area contributed by atoms with Crippen molar-refractivity contribution in [2.24, 2.45) is 0 Å². The summed E-state index contributed by atoms with van der Waals surface area (Å²) in [6.45, 7) is 1.99. The molecule has 18 heavy (non-hydrogen) atoms. The first kappa shape index (κ1) is 12.7. The highest BCUT2D eigenvalue weighted by Crippen LogP contribution is 2.25. The second kappa shape index (κ2) is 5.27. The van der Waals surface area contributed by atoms with Crippen LogP contribution in [0.15, 0.2) is 34.9 Å². The third kappa shape index (κ3) is 2.92. The van der Waals surface area contributed by atoms with E-state index in [-0.39, 0.29) is 6.42 Å². The smallest absolute Gasteiger partial charge is 0.311 e. The molecule has 92 valence electrons. The number of carboxylic acid groups (broad SMARTS) is 1. The third-order valence-corrected chi connectivity index (χ3v) is 2.98. The second-order valence-electron chi connectivity index (χ2n) is 3.89. The van der Waals surface area contributed by atoms with Crippen LogP contribution in [0, 0.1) is 6.92 Å². The van der Waals surface area contributed by atoms with Gasteiger partial charge in [0, 0.05) is 16.2 Å². The fraction of sp³-hybridized carbons (Fsp3) is 0.154. The van der Waals surface area contributed by atoms with Gasteiger partial charge in [0.1, 0.15) is 12.2 Å². The molecule has 1 aromatic carbocycles. The van der Waals surface area contributed by atoms with E-state index in [4.69, 9.17) is 5.11 Å². The zero-order valence-corrected chi connectivity index (χ0v) is 11.3. The van der Waals surface area contributed by atoms with Crippen molar-refractivity contribution < 1.29 is 9.90 Å². The van der Waals surface area contributed by atoms with Gasteiger partial charge in [0.2, 0.25) is 0 Å². The molecule has 0 unspecified atom stereocenters. The molecule has 0 aliphatic rings. The zero-order valence-electron chi connectivity index (χ0n) is 9.72. The molecule has 0 saturated heterocycles. The molecule has 0 atom stereocenters. The summed E-state index contributed by atoms with van der Waals surface area (Å²) >= 11 is 3.41. The highest BCUT2D eigenvalue weighted by Gasteiger charge is 2.08. The molecule has 2 aromatic rings. The maximum absolute atomic E-state index is 10.7. The number of aryl methyl sites for hydroxylation is 1. The summed E-state index contributed by atoms with van der Waals surface area (Å²) in [7, 11) is 0. The fourth-order valence-corrected chi connectivity index (χ4v) is 2.00. The van der Waals surface area contributed by atoms with Crippen molar-refractivity contribution in [1.82, 2.24) is 9.97 Å². The topological polar surface area (TPSA) is 63.1 Å². The van der Waals surface area contributed by atoms with Gasteiger partial charge in [-0.15, -0.1) is 0 Å². The summed E-state index contributed by atoms with van der Waals surface area (Å²) in [6, 6.07) is 7.68. The van der Waals surface area contributed by atoms with E-state index in [2.05, 4.69) is 25.9 Å². The van der Waals surface area contributed by atoms with Crippen LogP contribution < -0.4 is 0 Å². The van der Waals surface area contributed by atoms with Gasteiger partial charge in [-0.05, 0) is 30.7 Å². The average molecular weight is 307 g/mol. The second-order valence-corrected chi connectivity index (χ2v) is 4.80. The van der Waals surface area contributed by atoms with Gasteiger partial charge >= 0.3 is 5.97 Å². The van der Waals surface area contributed by atoms with Crippen LogP contribution in [0.4, 0.5) is 0 Å². The molecule has 0 bridgehead atoms. The van der Waals surface area contributed by atoms with Gasteiger partial charge in [0.25, 0.3) is 0 Å². The SMILES string of the molecule is Cc1ccc(Br)cc1-c1ccnc(CC(=O)O)n1. The van der Waals surface area contributed by atoms with Crippen molar-refractivity contribution in [1.29, 1.82) is 0 Å². The van der Waals surface area contributed by atoms with E-state index in [1.54, 1.807) is 12.3 Å². The molecule has 0 aliphatic heterocycles. The molecule has 0 radical (unpaired) electrons. The molecule has 1 N–H and O–H groups in total. The average Bonchev–Trinajstić information content (AvgIpc) is 2.32. The van der Waals surface area contributed by atoms with Gasteiger partial charge in [-0.2, -0.15) is 0 Å². The van der Waals surface area contributed by atoms with Crippen molar-refractivity contribution in [2.45, 2.75) is 13.3 Å². The van der Waals surface area contributed by atoms with Crippen LogP contribution in [0.2, 0.25) is 0 Å². The van der Waals surface area contributed by atoms with E-state index in [1.807, 2.05) is 25.1 Å². The Labute approximate surface area is 113 Å². The van der Waals surface area contributed by atoms with Crippen LogP contribution in [-0.2, 0) is 11.2 Å². The minimum atomic E-state index is -0.932. The lowest BCUT2D eigenvalue weighted by Gasteiger charge is -2.06. The van der Waals surface area contributed by atoms with E-state index < -0.39 is 5.97 Å². The van der Waals surface area contributed by atoms with Crippen LogP contribution in [0.5, 0.6) is 0 Å². The van der Waals surface area contributed by atoms with E-state index in [0.29, 0.717) is 5.82 Å². The number of hydrogen-bond donors (Lipinski definition) is 1. The summed E-state index contributed by atoms with van der Waals surface area (Å²) < 4.78 is 0.960. The lowest BCUT2D eigenvalue weighted by atomic mass is 10.1. The normalized spacial score (nSPS) is 10.3. The number of hydrogen-bond acceptors (Lipinski definition) is 3. The Balaban J connectivity index is 2.44. The summed E-state index contributed by atoms with van der Waals surface area (Å²) in [4.78, 5) is 18.9. The molecule has 0 fully saturated rings. The van der Waals surface area contributed by atoms with Crippen LogP contribution in [0.1, 0.15) is 11.4 Å². The van der Waals surface area contributed by atoms with Gasteiger partial charge in [-0.1, -0.05) is 22.0 Å². The van der Waals surface area contributed by atoms with Crippen molar-refractivity contribution in [3.8, 4) is 11.3 Å². The Hall–Kier alpha value is -1.75. The molecule has 5 heteroatoms. The predicted octanol–water partition coefficient (Wildman–Crippen LogP) is 2.84. The van der Waals surface area contributed by atoms with Gasteiger partial charge < -0.3 is 5.11 Å². The van der Waals surface area contributed by atoms with Crippen molar-refractivity contribution in [3.63, 3.8) is 0 Å². The Kier molecular flexibility index (Phi) is 3.72. The molecule has 2 rings (SSSR count). The number of benzene rings is 1. The van der Waals surface area contributed by atoms with Gasteiger partial charge in [-0.3, -0.25) is 4.79 Å². The number of aromatic nitrogens is 2. The number of nitrogens with zero attached hydrogens (tertiary/aromatic N) is 2. The fourth-order valence-electron chi connectivity index (χ4n) is 1.64. The van der Waals surface area contributed by atoms with Crippen LogP contribution >= 0.6 is 15.9 Å². The maximum Gasteiger partial charge on any atom is 0.311 e. The van der Waals surface area contributed by atoms with Crippen molar-refractivity contribution in [2.75, 3.05) is 0 Å². The van der Waals surface area contributed by atoms with Gasteiger partial charge in [-0.25, -0.2) is 9.97 Å². The standard InChI is InChI=1S/C13H11BrN2O2/c1-8-2-3-9(14)6-10(8)11-4-5-15-12(16-11)7-13(17)18/h2-6H,7H2,1H3,(H,17,18). The Morgan fingerprint density at radius 1 is 1.39 bits per heavy atom. The van der Waals surface area contributed by atoms with Gasteiger partial charge in [0.05, 0.1) is 5.69 Å². The monoisotopic (exact) mass is 306 g/mol. The van der Waals surface area contributed by atoms with E-state index in [1.165, 1.54) is 0 Å². The highest BCUT2D eigenvalue weighted by atomic mass is 79.9. The minimum Gasteiger partial charge on any atom is -0.481 e. The van der Waals surface area contributed by atoms with Crippen LogP contribution in [0.3, 0.4) is 0 Å². The predicted molar refractivity (Wildman–Crippen MR) is 71.2 cm³/mol. The molecule has 0 saturated carbocycles. The van der Waals surface area contributed by atoms with E-state index in [0.717, 1.165) is 21.3 Å². The lowest BCUT2D eigenvalue weighted by Crippen LogP contribution is -2.05. The molecular formula is C13H11BrN2O2. The van der Waals surface area contributed by atoms with Crippen LogP contribution in [0.25, 0.3) is 11.3 Å². The Bertz CT molecular complexity index is 599. The first-order valence-corrected chi connectivity index (χ1v) is 6.16. The molecule has 0 amide bonds. The highest BCUT2D eigenvalue weighted by molar-refractivity contribution is 9.10. The summed E-state index contributed by atoms with van der Waals surface area (Å²) in [5.41, 5.74) is 2.79. The quantitative estimate of drug-likeness (QED) is 0.947. The summed E-state index contributed by atoms with van der Waals surface area (Å²) in [5, 5.41) is 8.74. The lowest BCUT2D eigenvalue weighted by molar-refractivity contribution is -0.136. The molecular weight excluding hydrogens is 296 g/mol. The van der Waals surface area contributed by atoms with Gasteiger partial charge in [0.15, 0.2) is 0 Å². The Morgan fingerprint density at radius 2 is 2.17 bits per heavy atom. The third-order valence-electron chi connectivity index (χ3n) is 2.49. The number of carbonyl (C=O) groups is 1. The number of halogens is 1. The zero-order chi connectivity index (χ0) is 13.1. The van der Waals surface area contributed by atoms with Crippen LogP contribution in [-0.4, -0.2) is 21.0 Å². The summed E-state index contributed by atoms with van der Waals surface area (Å²) in [5.74, 6) is -0.613. The van der Waals surface area contributed by atoms with Crippen molar-refractivity contribution in [3.05, 3.63) is 46.3 Å². The van der Waals surface area contributed by atoms with E-state index >= 15 is 0 Å². The number of rotatable bonds is 3. The Morgan fingerprint density at radius 3 is 2.89 bits per heavy atom. The van der Waals surface area contributed by atoms with Crippen molar-refractivity contribution >= 4 is 21.9 Å². The minimum absolute atomic E-state index is 0.166. The molecule has 1 heterocycles. The first-order valence-electron chi connectivity index (χ1n) is 5.36. The molecule has 0 spiro atoms. The number of carboxylic acids is 1. The van der Waals surface area contributed by atoms with E-state index in [9.17, 15) is 4.79 Å². The summed E-state index contributed by atoms with van der Waals surface area (Å²) in [6.07, 6.45) is 1.42. The molecule has 4 nitrogen and oxygen atoms in total. The maximum atomic E-state index is 10.7. The molecule has 0 aliphatic carbocycles. The largest absolute Gasteiger partial charge is 0.481 e. The number of aliphatic carboxylic acids is 1.